The molecule has 2 unspecified atom stereocenters. The molecule has 0 aromatic heterocycles. The van der Waals surface area contributed by atoms with Crippen molar-refractivity contribution in [3.63, 3.8) is 0 Å². The van der Waals surface area contributed by atoms with Gasteiger partial charge in [-0.05, 0) is 37.2 Å². The van der Waals surface area contributed by atoms with Gasteiger partial charge in [0.25, 0.3) is 0 Å². The molecule has 2 fully saturated rings. The first-order valence-electron chi connectivity index (χ1n) is 7.64. The highest BCUT2D eigenvalue weighted by Crippen LogP contribution is 2.42. The molecule has 1 spiro atoms. The summed E-state index contributed by atoms with van der Waals surface area (Å²) in [6, 6.07) is 8.59. The minimum atomic E-state index is -0.337. The van der Waals surface area contributed by atoms with E-state index in [1.807, 2.05) is 23.9 Å². The maximum Gasteiger partial charge on any atom is 0.169 e. The van der Waals surface area contributed by atoms with Crippen LogP contribution in [0.15, 0.2) is 29.2 Å². The quantitative estimate of drug-likeness (QED) is 0.913. The molecule has 0 amide bonds. The average molecular weight is 328 g/mol. The Bertz CT molecular complexity index is 462. The minimum absolute atomic E-state index is 0.337. The molecule has 5 heteroatoms. The van der Waals surface area contributed by atoms with Crippen molar-refractivity contribution in [2.75, 3.05) is 19.8 Å². The van der Waals surface area contributed by atoms with Gasteiger partial charge in [0.2, 0.25) is 0 Å². The molecule has 1 aromatic rings. The first-order chi connectivity index (χ1) is 10.2. The van der Waals surface area contributed by atoms with Crippen molar-refractivity contribution in [3.8, 4) is 0 Å². The zero-order chi connectivity index (χ0) is 14.7. The van der Waals surface area contributed by atoms with Crippen LogP contribution >= 0.6 is 23.4 Å². The normalized spacial score (nSPS) is 28.1. The van der Waals surface area contributed by atoms with Gasteiger partial charge in [0.05, 0.1) is 13.2 Å². The van der Waals surface area contributed by atoms with Crippen LogP contribution in [0.1, 0.15) is 26.2 Å². The lowest BCUT2D eigenvalue weighted by Gasteiger charge is -2.41. The molecule has 0 radical (unpaired) electrons. The van der Waals surface area contributed by atoms with Crippen molar-refractivity contribution in [2.24, 2.45) is 0 Å². The van der Waals surface area contributed by atoms with Gasteiger partial charge in [-0.3, -0.25) is 0 Å². The van der Waals surface area contributed by atoms with Gasteiger partial charge in [-0.25, -0.2) is 0 Å². The Balaban J connectivity index is 1.72. The van der Waals surface area contributed by atoms with E-state index in [2.05, 4.69) is 24.4 Å². The Hall–Kier alpha value is -0.260. The van der Waals surface area contributed by atoms with Crippen molar-refractivity contribution >= 4 is 23.4 Å². The molecule has 1 aromatic carbocycles. The van der Waals surface area contributed by atoms with Gasteiger partial charge in [0.15, 0.2) is 5.79 Å². The van der Waals surface area contributed by atoms with Gasteiger partial charge >= 0.3 is 0 Å². The number of benzene rings is 1. The third-order valence-electron chi connectivity index (χ3n) is 4.18. The summed E-state index contributed by atoms with van der Waals surface area (Å²) in [5.74, 6) is -0.337. The van der Waals surface area contributed by atoms with E-state index in [1.54, 1.807) is 0 Å². The topological polar surface area (TPSA) is 30.5 Å². The molecule has 2 atom stereocenters. The predicted molar refractivity (Wildman–Crippen MR) is 87.0 cm³/mol. The molecular weight excluding hydrogens is 306 g/mol. The van der Waals surface area contributed by atoms with Crippen LogP contribution in [0.25, 0.3) is 0 Å². The lowest BCUT2D eigenvalue weighted by Crippen LogP contribution is -2.49. The Morgan fingerprint density at radius 2 is 2.00 bits per heavy atom. The van der Waals surface area contributed by atoms with Crippen LogP contribution in [-0.2, 0) is 9.47 Å². The SMILES string of the molecule is CCNC1CCC2(CC1Sc1ccc(Cl)cc1)OCCO2. The molecule has 1 N–H and O–H groups in total. The van der Waals surface area contributed by atoms with Gasteiger partial charge in [-0.15, -0.1) is 11.8 Å². The number of rotatable bonds is 4. The van der Waals surface area contributed by atoms with Gasteiger partial charge in [0.1, 0.15) is 0 Å². The molecule has 3 rings (SSSR count). The fourth-order valence-electron chi connectivity index (χ4n) is 3.18. The summed E-state index contributed by atoms with van der Waals surface area (Å²) in [6.45, 7) is 4.61. The van der Waals surface area contributed by atoms with E-state index >= 15 is 0 Å². The van der Waals surface area contributed by atoms with Gasteiger partial charge in [-0.2, -0.15) is 0 Å². The molecule has 0 bridgehead atoms. The second kappa shape index (κ2) is 6.88. The van der Waals surface area contributed by atoms with Crippen LogP contribution in [0, 0.1) is 0 Å². The van der Waals surface area contributed by atoms with E-state index in [9.17, 15) is 0 Å². The zero-order valence-corrected chi connectivity index (χ0v) is 13.9. The molecule has 2 aliphatic rings. The fourth-order valence-corrected chi connectivity index (χ4v) is 4.68. The van der Waals surface area contributed by atoms with Gasteiger partial charge in [-0.1, -0.05) is 18.5 Å². The first-order valence-corrected chi connectivity index (χ1v) is 8.90. The Labute approximate surface area is 135 Å². The molecule has 1 aliphatic carbocycles. The predicted octanol–water partition coefficient (Wildman–Crippen LogP) is 3.71. The summed E-state index contributed by atoms with van der Waals surface area (Å²) < 4.78 is 11.8. The Morgan fingerprint density at radius 3 is 2.67 bits per heavy atom. The summed E-state index contributed by atoms with van der Waals surface area (Å²) in [5.41, 5.74) is 0. The summed E-state index contributed by atoms with van der Waals surface area (Å²) in [4.78, 5) is 1.25. The number of thioether (sulfide) groups is 1. The van der Waals surface area contributed by atoms with E-state index in [1.165, 1.54) is 4.90 Å². The highest BCUT2D eigenvalue weighted by molar-refractivity contribution is 8.00. The van der Waals surface area contributed by atoms with Crippen LogP contribution < -0.4 is 5.32 Å². The molecule has 3 nitrogen and oxygen atoms in total. The third kappa shape index (κ3) is 3.74. The fraction of sp³-hybridized carbons (Fsp3) is 0.625. The van der Waals surface area contributed by atoms with Crippen LogP contribution in [0.2, 0.25) is 5.02 Å². The molecule has 1 saturated heterocycles. The van der Waals surface area contributed by atoms with Gasteiger partial charge in [0, 0.05) is 34.1 Å². The molecule has 21 heavy (non-hydrogen) atoms. The summed E-state index contributed by atoms with van der Waals surface area (Å²) in [5, 5.41) is 4.85. The lowest BCUT2D eigenvalue weighted by molar-refractivity contribution is -0.178. The molecule has 1 aliphatic heterocycles. The van der Waals surface area contributed by atoms with E-state index < -0.39 is 0 Å². The second-order valence-electron chi connectivity index (χ2n) is 5.62. The van der Waals surface area contributed by atoms with Crippen LogP contribution in [0.4, 0.5) is 0 Å². The van der Waals surface area contributed by atoms with E-state index in [-0.39, 0.29) is 5.79 Å². The Morgan fingerprint density at radius 1 is 1.29 bits per heavy atom. The highest BCUT2D eigenvalue weighted by Gasteiger charge is 2.45. The maximum absolute atomic E-state index is 5.97. The third-order valence-corrected chi connectivity index (χ3v) is 5.77. The zero-order valence-electron chi connectivity index (χ0n) is 12.3. The minimum Gasteiger partial charge on any atom is -0.347 e. The molecule has 116 valence electrons. The molecular formula is C16H22ClNO2S. The average Bonchev–Trinajstić information content (AvgIpc) is 2.93. The first kappa shape index (κ1) is 15.6. The summed E-state index contributed by atoms with van der Waals surface area (Å²) in [7, 11) is 0. The number of halogens is 1. The number of hydrogen-bond donors (Lipinski definition) is 1. The highest BCUT2D eigenvalue weighted by atomic mass is 35.5. The summed E-state index contributed by atoms with van der Waals surface area (Å²) >= 11 is 7.87. The number of hydrogen-bond acceptors (Lipinski definition) is 4. The van der Waals surface area contributed by atoms with E-state index in [4.69, 9.17) is 21.1 Å². The number of ether oxygens (including phenoxy) is 2. The maximum atomic E-state index is 5.97. The smallest absolute Gasteiger partial charge is 0.169 e. The van der Waals surface area contributed by atoms with Crippen molar-refractivity contribution < 1.29 is 9.47 Å². The monoisotopic (exact) mass is 327 g/mol. The Kier molecular flexibility index (Phi) is 5.12. The summed E-state index contributed by atoms with van der Waals surface area (Å²) in [6.07, 6.45) is 3.03. The molecule has 1 heterocycles. The lowest BCUT2D eigenvalue weighted by atomic mass is 9.89. The van der Waals surface area contributed by atoms with Crippen molar-refractivity contribution in [3.05, 3.63) is 29.3 Å². The number of nitrogens with one attached hydrogen (secondary N) is 1. The van der Waals surface area contributed by atoms with Crippen molar-refractivity contribution in [1.82, 2.24) is 5.32 Å². The van der Waals surface area contributed by atoms with E-state index in [0.29, 0.717) is 11.3 Å². The van der Waals surface area contributed by atoms with Crippen LogP contribution in [-0.4, -0.2) is 36.8 Å². The van der Waals surface area contributed by atoms with E-state index in [0.717, 1.165) is 44.0 Å². The largest absolute Gasteiger partial charge is 0.347 e. The standard InChI is InChI=1S/C16H22ClNO2S/c1-2-18-14-7-8-16(19-9-10-20-16)11-15(14)21-13-5-3-12(17)4-6-13/h3-6,14-15,18H,2,7-11H2,1H3. The van der Waals surface area contributed by atoms with Crippen molar-refractivity contribution in [1.29, 1.82) is 0 Å². The van der Waals surface area contributed by atoms with Crippen LogP contribution in [0.5, 0.6) is 0 Å². The second-order valence-corrected chi connectivity index (χ2v) is 7.37. The van der Waals surface area contributed by atoms with Gasteiger partial charge < -0.3 is 14.8 Å². The molecule has 1 saturated carbocycles. The van der Waals surface area contributed by atoms with Crippen molar-refractivity contribution in [2.45, 2.75) is 48.2 Å². The van der Waals surface area contributed by atoms with Crippen LogP contribution in [0.3, 0.4) is 0 Å².